The van der Waals surface area contributed by atoms with Gasteiger partial charge in [0.2, 0.25) is 0 Å². The van der Waals surface area contributed by atoms with Crippen LogP contribution in [0, 0.1) is 0 Å². The topological polar surface area (TPSA) is 24.3 Å². The number of benzene rings is 8. The van der Waals surface area contributed by atoms with Crippen molar-refractivity contribution in [2.45, 2.75) is 32.7 Å². The zero-order valence-electron chi connectivity index (χ0n) is 36.4. The molecular formula is C59H48N4Si. The molecular weight excluding hydrogens is 793 g/mol. The van der Waals surface area contributed by atoms with Crippen molar-refractivity contribution in [1.82, 2.24) is 9.55 Å². The standard InChI is InChI=1S/C59H48N4Si/c1-59(2,3)44-32-33-60-58(36-44)63-52-25-13-10-22-48(52)49-31-30-46(38-55(49)63)64(56-28-16-11-23-50(56)51-24-12-17-29-57(51)64)47-35-43(42-20-8-5-9-21-42)34-45(37-47)62-40-61(39-41-18-6-4-7-19-41)53-26-14-15-27-54(53)62/h4-38H,39-40H2,1-3H3. The van der Waals surface area contributed by atoms with Crippen LogP contribution in [-0.2, 0) is 12.0 Å². The first kappa shape index (κ1) is 38.2. The van der Waals surface area contributed by atoms with Gasteiger partial charge in [0.15, 0.2) is 8.07 Å². The second-order valence-corrected chi connectivity index (χ2v) is 22.2. The maximum absolute atomic E-state index is 5.09. The molecule has 0 unspecified atom stereocenters. The maximum Gasteiger partial charge on any atom is 0.181 e. The maximum atomic E-state index is 5.09. The second-order valence-electron chi connectivity index (χ2n) is 18.5. The van der Waals surface area contributed by atoms with Crippen molar-refractivity contribution < 1.29 is 0 Å². The minimum absolute atomic E-state index is 0.0221. The summed E-state index contributed by atoms with van der Waals surface area (Å²) < 4.78 is 2.41. The first-order chi connectivity index (χ1) is 31.4. The molecule has 0 N–H and O–H groups in total. The smallest absolute Gasteiger partial charge is 0.181 e. The van der Waals surface area contributed by atoms with Crippen molar-refractivity contribution in [2.24, 2.45) is 0 Å². The quantitative estimate of drug-likeness (QED) is 0.149. The fourth-order valence-electron chi connectivity index (χ4n) is 10.7. The van der Waals surface area contributed by atoms with Gasteiger partial charge in [-0.15, -0.1) is 0 Å². The number of aromatic nitrogens is 2. The van der Waals surface area contributed by atoms with E-state index in [9.17, 15) is 0 Å². The average molecular weight is 841 g/mol. The minimum atomic E-state index is -3.05. The third-order valence-corrected chi connectivity index (χ3v) is 18.5. The first-order valence-corrected chi connectivity index (χ1v) is 24.4. The fourth-order valence-corrected chi connectivity index (χ4v) is 15.9. The highest BCUT2D eigenvalue weighted by atomic mass is 28.3. The van der Waals surface area contributed by atoms with E-state index >= 15 is 0 Å². The molecule has 0 saturated carbocycles. The summed E-state index contributed by atoms with van der Waals surface area (Å²) in [5.74, 6) is 0.944. The van der Waals surface area contributed by atoms with Gasteiger partial charge in [-0.1, -0.05) is 178 Å². The van der Waals surface area contributed by atoms with E-state index < -0.39 is 8.07 Å². The molecule has 0 saturated heterocycles. The van der Waals surface area contributed by atoms with Gasteiger partial charge in [-0.05, 0) is 108 Å². The SMILES string of the molecule is CC(C)(C)c1ccnc(-n2c3ccccc3c3ccc([Si]4(c5cc(-c6ccccc6)cc(N6CN(Cc7ccccc7)c7ccccc76)c5)c5ccccc5-c5ccccc54)cc32)c1. The van der Waals surface area contributed by atoms with Crippen molar-refractivity contribution in [3.05, 3.63) is 224 Å². The molecule has 64 heavy (non-hydrogen) atoms. The van der Waals surface area contributed by atoms with Crippen LogP contribution in [0.2, 0.25) is 0 Å². The fraction of sp³-hybridized carbons (Fsp3) is 0.102. The summed E-state index contributed by atoms with van der Waals surface area (Å²) >= 11 is 0. The molecule has 0 atom stereocenters. The van der Waals surface area contributed by atoms with Crippen LogP contribution in [0.5, 0.6) is 0 Å². The highest BCUT2D eigenvalue weighted by Crippen LogP contribution is 2.43. The Labute approximate surface area is 376 Å². The number of rotatable bonds is 7. The Kier molecular flexibility index (Phi) is 8.85. The minimum Gasteiger partial charge on any atom is -0.347 e. The zero-order valence-corrected chi connectivity index (χ0v) is 37.4. The Morgan fingerprint density at radius 2 is 1.16 bits per heavy atom. The van der Waals surface area contributed by atoms with Crippen molar-refractivity contribution in [2.75, 3.05) is 16.5 Å². The number of nitrogens with zero attached hydrogens (tertiary/aromatic N) is 4. The molecule has 0 aliphatic carbocycles. The van der Waals surface area contributed by atoms with Gasteiger partial charge >= 0.3 is 0 Å². The first-order valence-electron chi connectivity index (χ1n) is 22.4. The molecule has 12 rings (SSSR count). The van der Waals surface area contributed by atoms with Gasteiger partial charge in [-0.25, -0.2) is 4.98 Å². The lowest BCUT2D eigenvalue weighted by Crippen LogP contribution is -2.72. The monoisotopic (exact) mass is 840 g/mol. The van der Waals surface area contributed by atoms with Crippen LogP contribution in [0.3, 0.4) is 0 Å². The Balaban J connectivity index is 1.14. The van der Waals surface area contributed by atoms with E-state index in [0.29, 0.717) is 0 Å². The zero-order chi connectivity index (χ0) is 43.0. The Bertz CT molecular complexity index is 3360. The number of pyridine rings is 1. The molecule has 0 amide bonds. The van der Waals surface area contributed by atoms with E-state index in [1.54, 1.807) is 0 Å². The molecule has 0 fully saturated rings. The molecule has 0 radical (unpaired) electrons. The van der Waals surface area contributed by atoms with Crippen LogP contribution >= 0.6 is 0 Å². The number of para-hydroxylation sites is 3. The summed E-state index contributed by atoms with van der Waals surface area (Å²) in [6.45, 7) is 8.42. The van der Waals surface area contributed by atoms with Gasteiger partial charge in [0.1, 0.15) is 5.82 Å². The van der Waals surface area contributed by atoms with Gasteiger partial charge in [-0.2, -0.15) is 0 Å². The van der Waals surface area contributed by atoms with E-state index in [4.69, 9.17) is 4.98 Å². The predicted molar refractivity (Wildman–Crippen MR) is 271 cm³/mol. The molecule has 5 heteroatoms. The Morgan fingerprint density at radius 1 is 0.516 bits per heavy atom. The molecule has 8 aromatic carbocycles. The summed E-state index contributed by atoms with van der Waals surface area (Å²) in [7, 11) is -3.05. The van der Waals surface area contributed by atoms with Crippen molar-refractivity contribution in [3.63, 3.8) is 0 Å². The van der Waals surface area contributed by atoms with Gasteiger partial charge in [0.05, 0.1) is 29.1 Å². The Hall–Kier alpha value is -7.47. The summed E-state index contributed by atoms with van der Waals surface area (Å²) in [6.07, 6.45) is 1.98. The predicted octanol–water partition coefficient (Wildman–Crippen LogP) is 11.6. The number of anilines is 3. The summed E-state index contributed by atoms with van der Waals surface area (Å²) in [5, 5.41) is 8.05. The van der Waals surface area contributed by atoms with Crippen LogP contribution in [0.1, 0.15) is 31.9 Å². The number of hydrogen-bond donors (Lipinski definition) is 0. The molecule has 4 nitrogen and oxygen atoms in total. The van der Waals surface area contributed by atoms with Crippen molar-refractivity contribution in [3.8, 4) is 28.1 Å². The van der Waals surface area contributed by atoms with Crippen LogP contribution in [0.25, 0.3) is 49.9 Å². The van der Waals surface area contributed by atoms with Gasteiger partial charge in [0.25, 0.3) is 0 Å². The van der Waals surface area contributed by atoms with E-state index in [-0.39, 0.29) is 5.41 Å². The third kappa shape index (κ3) is 5.99. The van der Waals surface area contributed by atoms with Gasteiger partial charge in [-0.3, -0.25) is 4.57 Å². The molecule has 308 valence electrons. The largest absolute Gasteiger partial charge is 0.347 e. The number of fused-ring (bicyclic) bond motifs is 7. The van der Waals surface area contributed by atoms with E-state index in [0.717, 1.165) is 24.5 Å². The van der Waals surface area contributed by atoms with Crippen LogP contribution in [0.15, 0.2) is 212 Å². The number of hydrogen-bond acceptors (Lipinski definition) is 3. The molecule has 2 aromatic heterocycles. The van der Waals surface area contributed by atoms with Crippen molar-refractivity contribution >= 4 is 67.7 Å². The molecule has 0 bridgehead atoms. The molecule has 0 spiro atoms. The molecule has 10 aromatic rings. The van der Waals surface area contributed by atoms with Gasteiger partial charge < -0.3 is 9.80 Å². The summed E-state index contributed by atoms with van der Waals surface area (Å²) in [6, 6.07) is 77.4. The molecule has 4 heterocycles. The third-order valence-electron chi connectivity index (χ3n) is 13.7. The lowest BCUT2D eigenvalue weighted by molar-refractivity contribution is 0.588. The van der Waals surface area contributed by atoms with Gasteiger partial charge in [0, 0.05) is 29.2 Å². The van der Waals surface area contributed by atoms with Crippen molar-refractivity contribution in [1.29, 1.82) is 0 Å². The summed E-state index contributed by atoms with van der Waals surface area (Å²) in [5.41, 5.74) is 13.7. The highest BCUT2D eigenvalue weighted by molar-refractivity contribution is 7.22. The summed E-state index contributed by atoms with van der Waals surface area (Å²) in [4.78, 5) is 10.1. The van der Waals surface area contributed by atoms with E-state index in [2.05, 4.69) is 241 Å². The normalized spacial score (nSPS) is 13.9. The van der Waals surface area contributed by atoms with E-state index in [1.165, 1.54) is 87.5 Å². The second kappa shape index (κ2) is 14.8. The van der Waals surface area contributed by atoms with Crippen LogP contribution in [-0.4, -0.2) is 24.3 Å². The molecule has 2 aliphatic rings. The van der Waals surface area contributed by atoms with E-state index in [1.807, 2.05) is 6.20 Å². The van der Waals surface area contributed by atoms with Crippen LogP contribution < -0.4 is 30.5 Å². The average Bonchev–Trinajstić information content (AvgIpc) is 3.98. The highest BCUT2D eigenvalue weighted by Gasteiger charge is 2.49. The lowest BCUT2D eigenvalue weighted by Gasteiger charge is -2.33. The Morgan fingerprint density at radius 3 is 1.91 bits per heavy atom. The van der Waals surface area contributed by atoms with Crippen LogP contribution in [0.4, 0.5) is 17.1 Å². The molecule has 2 aliphatic heterocycles. The lowest BCUT2D eigenvalue weighted by atomic mass is 9.88.